The SMILES string of the molecule is CC(Oc1ccc2c(c1)O[C@H]1[C@H](C(=O)O)[C@@H]21)c1cccc(Oc2ccccc2)c1. The molecule has 3 aromatic rings. The summed E-state index contributed by atoms with van der Waals surface area (Å²) < 4.78 is 17.8. The molecule has 1 aliphatic heterocycles. The molecule has 2 aliphatic rings. The van der Waals surface area contributed by atoms with E-state index in [2.05, 4.69) is 0 Å². The molecule has 29 heavy (non-hydrogen) atoms. The summed E-state index contributed by atoms with van der Waals surface area (Å²) in [4.78, 5) is 11.2. The maximum absolute atomic E-state index is 11.2. The van der Waals surface area contributed by atoms with Crippen LogP contribution in [0.3, 0.4) is 0 Å². The molecule has 0 bridgehead atoms. The third-order valence-corrected chi connectivity index (χ3v) is 5.47. The summed E-state index contributed by atoms with van der Waals surface area (Å²) in [6.07, 6.45) is -0.419. The van der Waals surface area contributed by atoms with Gasteiger partial charge in [-0.2, -0.15) is 0 Å². The summed E-state index contributed by atoms with van der Waals surface area (Å²) >= 11 is 0. The topological polar surface area (TPSA) is 65.0 Å². The van der Waals surface area contributed by atoms with Crippen LogP contribution in [-0.2, 0) is 4.79 Å². The zero-order valence-electron chi connectivity index (χ0n) is 15.8. The highest BCUT2D eigenvalue weighted by Gasteiger charge is 2.63. The molecule has 5 nitrogen and oxygen atoms in total. The van der Waals surface area contributed by atoms with Crippen molar-refractivity contribution in [3.8, 4) is 23.0 Å². The van der Waals surface area contributed by atoms with Crippen LogP contribution in [0.4, 0.5) is 0 Å². The van der Waals surface area contributed by atoms with Crippen LogP contribution in [0.2, 0.25) is 0 Å². The molecule has 0 aromatic heterocycles. The van der Waals surface area contributed by atoms with Crippen molar-refractivity contribution in [2.75, 3.05) is 0 Å². The first-order valence-electron chi connectivity index (χ1n) is 9.63. The summed E-state index contributed by atoms with van der Waals surface area (Å²) in [6.45, 7) is 1.98. The number of ether oxygens (including phenoxy) is 3. The summed E-state index contributed by atoms with van der Waals surface area (Å²) in [7, 11) is 0. The van der Waals surface area contributed by atoms with E-state index < -0.39 is 11.9 Å². The van der Waals surface area contributed by atoms with Gasteiger partial charge in [0.2, 0.25) is 0 Å². The Balaban J connectivity index is 1.28. The monoisotopic (exact) mass is 388 g/mol. The van der Waals surface area contributed by atoms with Gasteiger partial charge < -0.3 is 19.3 Å². The largest absolute Gasteiger partial charge is 0.488 e. The van der Waals surface area contributed by atoms with E-state index in [0.29, 0.717) is 5.75 Å². The summed E-state index contributed by atoms with van der Waals surface area (Å²) in [5.41, 5.74) is 1.95. The van der Waals surface area contributed by atoms with Gasteiger partial charge in [0.25, 0.3) is 0 Å². The van der Waals surface area contributed by atoms with Crippen LogP contribution in [0, 0.1) is 5.92 Å². The van der Waals surface area contributed by atoms with Gasteiger partial charge in [0.1, 0.15) is 41.1 Å². The first kappa shape index (κ1) is 17.6. The Morgan fingerprint density at radius 2 is 1.76 bits per heavy atom. The number of carboxylic acid groups (broad SMARTS) is 1. The molecule has 1 heterocycles. The van der Waals surface area contributed by atoms with Crippen molar-refractivity contribution in [1.82, 2.24) is 0 Å². The maximum Gasteiger partial charge on any atom is 0.311 e. The Bertz CT molecular complexity index is 1060. The second-order valence-electron chi connectivity index (χ2n) is 7.42. The molecule has 0 saturated heterocycles. The average molecular weight is 388 g/mol. The quantitative estimate of drug-likeness (QED) is 0.630. The Labute approximate surface area is 168 Å². The van der Waals surface area contributed by atoms with Crippen molar-refractivity contribution in [3.05, 3.63) is 83.9 Å². The fraction of sp³-hybridized carbons (Fsp3) is 0.208. The predicted octanol–water partition coefficient (Wildman–Crippen LogP) is 5.18. The lowest BCUT2D eigenvalue weighted by Gasteiger charge is -2.17. The second kappa shape index (κ2) is 6.85. The molecule has 1 N–H and O–H groups in total. The Hall–Kier alpha value is -3.47. The van der Waals surface area contributed by atoms with Gasteiger partial charge in [-0.3, -0.25) is 4.79 Å². The number of carboxylic acids is 1. The van der Waals surface area contributed by atoms with Gasteiger partial charge in [-0.1, -0.05) is 36.4 Å². The molecule has 1 fully saturated rings. The lowest BCUT2D eigenvalue weighted by molar-refractivity contribution is -0.139. The van der Waals surface area contributed by atoms with Crippen LogP contribution in [0.1, 0.15) is 30.1 Å². The predicted molar refractivity (Wildman–Crippen MR) is 107 cm³/mol. The molecule has 0 radical (unpaired) electrons. The van der Waals surface area contributed by atoms with E-state index in [0.717, 1.165) is 28.4 Å². The Morgan fingerprint density at radius 3 is 2.55 bits per heavy atom. The Morgan fingerprint density at radius 1 is 0.966 bits per heavy atom. The minimum atomic E-state index is -0.794. The highest BCUT2D eigenvalue weighted by Crippen LogP contribution is 2.58. The molecule has 0 spiro atoms. The summed E-state index contributed by atoms with van der Waals surface area (Å²) in [6, 6.07) is 23.1. The van der Waals surface area contributed by atoms with Gasteiger partial charge in [0.05, 0.1) is 0 Å². The standard InChI is InChI=1S/C24H20O5/c1-14(15-6-5-9-17(12-15)28-16-7-3-2-4-8-16)27-18-10-11-19-20(13-18)29-23-21(19)22(23)24(25)26/h2-14,21-23H,1H3,(H,25,26)/t14?,21-,22-,23-/m1/s1. The number of rotatable bonds is 6. The fourth-order valence-electron chi connectivity index (χ4n) is 3.93. The summed E-state index contributed by atoms with van der Waals surface area (Å²) in [5, 5.41) is 9.18. The van der Waals surface area contributed by atoms with Gasteiger partial charge in [0.15, 0.2) is 0 Å². The van der Waals surface area contributed by atoms with Gasteiger partial charge in [-0.25, -0.2) is 0 Å². The molecule has 1 saturated carbocycles. The minimum Gasteiger partial charge on any atom is -0.488 e. The third kappa shape index (κ3) is 3.29. The number of hydrogen-bond donors (Lipinski definition) is 1. The molecule has 1 unspecified atom stereocenters. The van der Waals surface area contributed by atoms with Crippen LogP contribution in [0.25, 0.3) is 0 Å². The number of fused-ring (bicyclic) bond motifs is 3. The van der Waals surface area contributed by atoms with Gasteiger partial charge >= 0.3 is 5.97 Å². The first-order valence-corrected chi connectivity index (χ1v) is 9.63. The van der Waals surface area contributed by atoms with Gasteiger partial charge in [-0.05, 0) is 42.8 Å². The lowest BCUT2D eigenvalue weighted by Crippen LogP contribution is -2.09. The van der Waals surface area contributed by atoms with Crippen LogP contribution in [-0.4, -0.2) is 17.2 Å². The highest BCUT2D eigenvalue weighted by atomic mass is 16.5. The zero-order chi connectivity index (χ0) is 20.0. The van der Waals surface area contributed by atoms with Crippen LogP contribution < -0.4 is 14.2 Å². The second-order valence-corrected chi connectivity index (χ2v) is 7.42. The molecule has 5 rings (SSSR count). The van der Waals surface area contributed by atoms with E-state index in [1.54, 1.807) is 0 Å². The van der Waals surface area contributed by atoms with Crippen molar-refractivity contribution in [1.29, 1.82) is 0 Å². The summed E-state index contributed by atoms with van der Waals surface area (Å²) in [5.74, 6) is 1.72. The molecule has 5 heteroatoms. The number of aliphatic carboxylic acids is 1. The normalized spacial score (nSPS) is 22.0. The van der Waals surface area contributed by atoms with Crippen molar-refractivity contribution in [2.45, 2.75) is 25.0 Å². The molecule has 0 amide bonds. The van der Waals surface area contributed by atoms with Crippen LogP contribution in [0.5, 0.6) is 23.0 Å². The smallest absolute Gasteiger partial charge is 0.311 e. The molecular formula is C24H20O5. The van der Waals surface area contributed by atoms with Crippen molar-refractivity contribution in [3.63, 3.8) is 0 Å². The average Bonchev–Trinajstić information content (AvgIpc) is 3.32. The molecular weight excluding hydrogens is 368 g/mol. The lowest BCUT2D eigenvalue weighted by atomic mass is 10.1. The molecule has 3 aromatic carbocycles. The van der Waals surface area contributed by atoms with E-state index in [-0.39, 0.29) is 18.1 Å². The number of hydrogen-bond acceptors (Lipinski definition) is 4. The Kier molecular flexibility index (Phi) is 4.16. The maximum atomic E-state index is 11.2. The van der Waals surface area contributed by atoms with E-state index >= 15 is 0 Å². The number of benzene rings is 3. The van der Waals surface area contributed by atoms with Crippen LogP contribution in [0.15, 0.2) is 72.8 Å². The zero-order valence-corrected chi connectivity index (χ0v) is 15.8. The van der Waals surface area contributed by atoms with E-state index in [4.69, 9.17) is 14.2 Å². The van der Waals surface area contributed by atoms with Crippen molar-refractivity contribution in [2.24, 2.45) is 5.92 Å². The molecule has 1 aliphatic carbocycles. The van der Waals surface area contributed by atoms with Crippen molar-refractivity contribution < 1.29 is 24.1 Å². The molecule has 4 atom stereocenters. The van der Waals surface area contributed by atoms with Gasteiger partial charge in [0, 0.05) is 17.5 Å². The number of para-hydroxylation sites is 1. The first-order chi connectivity index (χ1) is 14.1. The molecule has 146 valence electrons. The van der Waals surface area contributed by atoms with E-state index in [1.807, 2.05) is 79.7 Å². The van der Waals surface area contributed by atoms with E-state index in [1.165, 1.54) is 0 Å². The fourth-order valence-corrected chi connectivity index (χ4v) is 3.93. The van der Waals surface area contributed by atoms with Crippen LogP contribution >= 0.6 is 0 Å². The van der Waals surface area contributed by atoms with Crippen molar-refractivity contribution >= 4 is 5.97 Å². The minimum absolute atomic E-state index is 0.0270. The van der Waals surface area contributed by atoms with Gasteiger partial charge in [-0.15, -0.1) is 0 Å². The highest BCUT2D eigenvalue weighted by molar-refractivity contribution is 5.79. The number of carbonyl (C=O) groups is 1. The van der Waals surface area contributed by atoms with E-state index in [9.17, 15) is 9.90 Å². The third-order valence-electron chi connectivity index (χ3n) is 5.47.